The largest absolute Gasteiger partial charge is 0.348 e. The number of rotatable bonds is 5. The Morgan fingerprint density at radius 3 is 2.85 bits per heavy atom. The van der Waals surface area contributed by atoms with Crippen LogP contribution in [0.25, 0.3) is 5.69 Å². The number of nitrogens with zero attached hydrogens (tertiary/aromatic N) is 3. The van der Waals surface area contributed by atoms with Crippen molar-refractivity contribution in [3.05, 3.63) is 49.6 Å². The predicted molar refractivity (Wildman–Crippen MR) is 74.5 cm³/mol. The number of nitro benzene ring substituents is 1. The lowest BCUT2D eigenvalue weighted by Crippen LogP contribution is -2.16. The van der Waals surface area contributed by atoms with E-state index in [0.717, 1.165) is 17.5 Å². The summed E-state index contributed by atoms with van der Waals surface area (Å²) in [5.74, 6) is 0.575. The van der Waals surface area contributed by atoms with Gasteiger partial charge in [-0.3, -0.25) is 15.1 Å². The Bertz CT molecular complexity index is 692. The molecule has 0 saturated heterocycles. The summed E-state index contributed by atoms with van der Waals surface area (Å²) < 4.78 is 1.12. The zero-order valence-electron chi connectivity index (χ0n) is 10.8. The molecule has 1 aromatic heterocycles. The third-order valence-electron chi connectivity index (χ3n) is 2.80. The molecule has 2 rings (SSSR count). The average Bonchev–Trinajstić information content (AvgIpc) is 2.77. The first kappa shape index (κ1) is 14.3. The third-order valence-corrected chi connectivity index (χ3v) is 3.10. The van der Waals surface area contributed by atoms with Crippen molar-refractivity contribution in [1.82, 2.24) is 14.8 Å². The lowest BCUT2D eigenvalue weighted by molar-refractivity contribution is -0.384. The highest BCUT2D eigenvalue weighted by Gasteiger charge is 2.14. The number of nitrogens with one attached hydrogen (secondary N) is 1. The SMILES string of the molecule is CCCCc1nn(-c2ccc([N+](=O)[O-])cc2Cl)c(=O)[nH]1. The van der Waals surface area contributed by atoms with Crippen LogP contribution in [0.3, 0.4) is 0 Å². The number of aromatic nitrogens is 3. The fraction of sp³-hybridized carbons (Fsp3) is 0.333. The highest BCUT2D eigenvalue weighted by Crippen LogP contribution is 2.24. The fourth-order valence-corrected chi connectivity index (χ4v) is 2.02. The van der Waals surface area contributed by atoms with Gasteiger partial charge < -0.3 is 0 Å². The topological polar surface area (TPSA) is 93.8 Å². The summed E-state index contributed by atoms with van der Waals surface area (Å²) in [5, 5.41) is 14.9. The van der Waals surface area contributed by atoms with Gasteiger partial charge in [0.05, 0.1) is 15.6 Å². The summed E-state index contributed by atoms with van der Waals surface area (Å²) in [5.41, 5.74) is -0.221. The van der Waals surface area contributed by atoms with Crippen LogP contribution >= 0.6 is 11.6 Å². The van der Waals surface area contributed by atoms with Crippen LogP contribution in [0.5, 0.6) is 0 Å². The lowest BCUT2D eigenvalue weighted by Gasteiger charge is -2.02. The van der Waals surface area contributed by atoms with Crippen molar-refractivity contribution in [3.8, 4) is 5.69 Å². The Hall–Kier alpha value is -2.15. The number of hydrogen-bond acceptors (Lipinski definition) is 4. The van der Waals surface area contributed by atoms with Crippen LogP contribution in [0.2, 0.25) is 5.02 Å². The molecule has 106 valence electrons. The van der Waals surface area contributed by atoms with Crippen molar-refractivity contribution in [2.45, 2.75) is 26.2 Å². The first-order chi connectivity index (χ1) is 9.52. The van der Waals surface area contributed by atoms with Gasteiger partial charge in [0.15, 0.2) is 0 Å². The molecule has 0 saturated carbocycles. The molecule has 0 radical (unpaired) electrons. The Kier molecular flexibility index (Phi) is 4.19. The van der Waals surface area contributed by atoms with Crippen LogP contribution in [0.15, 0.2) is 23.0 Å². The van der Waals surface area contributed by atoms with Gasteiger partial charge in [-0.25, -0.2) is 4.79 Å². The molecule has 0 atom stereocenters. The monoisotopic (exact) mass is 296 g/mol. The van der Waals surface area contributed by atoms with Crippen LogP contribution in [-0.4, -0.2) is 19.7 Å². The van der Waals surface area contributed by atoms with E-state index in [-0.39, 0.29) is 10.7 Å². The van der Waals surface area contributed by atoms with Gasteiger partial charge in [-0.15, -0.1) is 0 Å². The Balaban J connectivity index is 2.39. The van der Waals surface area contributed by atoms with Gasteiger partial charge >= 0.3 is 5.69 Å². The van der Waals surface area contributed by atoms with Gasteiger partial charge in [0, 0.05) is 18.6 Å². The van der Waals surface area contributed by atoms with E-state index in [1.807, 2.05) is 6.92 Å². The molecule has 1 heterocycles. The number of hydrogen-bond donors (Lipinski definition) is 1. The van der Waals surface area contributed by atoms with E-state index in [4.69, 9.17) is 11.6 Å². The minimum atomic E-state index is -0.546. The molecule has 1 aromatic carbocycles. The maximum absolute atomic E-state index is 11.8. The van der Waals surface area contributed by atoms with Crippen LogP contribution in [-0.2, 0) is 6.42 Å². The number of unbranched alkanes of at least 4 members (excludes halogenated alkanes) is 1. The quantitative estimate of drug-likeness (QED) is 0.677. The van der Waals surface area contributed by atoms with E-state index in [1.165, 1.54) is 18.2 Å². The van der Waals surface area contributed by atoms with E-state index >= 15 is 0 Å². The van der Waals surface area contributed by atoms with E-state index in [0.29, 0.717) is 17.9 Å². The van der Waals surface area contributed by atoms with Crippen molar-refractivity contribution < 1.29 is 4.92 Å². The number of H-pyrrole nitrogens is 1. The Labute approximate surface area is 119 Å². The second kappa shape index (κ2) is 5.87. The average molecular weight is 297 g/mol. The first-order valence-corrected chi connectivity index (χ1v) is 6.53. The van der Waals surface area contributed by atoms with Crippen molar-refractivity contribution in [3.63, 3.8) is 0 Å². The molecule has 1 N–H and O–H groups in total. The standard InChI is InChI=1S/C12H13ClN4O3/c1-2-3-4-11-14-12(18)16(15-11)10-6-5-8(17(19)20)7-9(10)13/h5-7H,2-4H2,1H3,(H,14,15,18). The molecule has 2 aromatic rings. The molecule has 0 aliphatic rings. The first-order valence-electron chi connectivity index (χ1n) is 6.15. The summed E-state index contributed by atoms with van der Waals surface area (Å²) >= 11 is 5.98. The Morgan fingerprint density at radius 2 is 2.25 bits per heavy atom. The summed E-state index contributed by atoms with van der Waals surface area (Å²) in [6, 6.07) is 3.89. The number of benzene rings is 1. The number of halogens is 1. The van der Waals surface area contributed by atoms with Crippen molar-refractivity contribution in [2.75, 3.05) is 0 Å². The molecule has 0 unspecified atom stereocenters. The maximum Gasteiger partial charge on any atom is 0.348 e. The van der Waals surface area contributed by atoms with Crippen molar-refractivity contribution in [1.29, 1.82) is 0 Å². The van der Waals surface area contributed by atoms with Gasteiger partial charge in [0.25, 0.3) is 5.69 Å². The zero-order valence-corrected chi connectivity index (χ0v) is 11.6. The van der Waals surface area contributed by atoms with Crippen molar-refractivity contribution in [2.24, 2.45) is 0 Å². The molecule has 20 heavy (non-hydrogen) atoms. The van der Waals surface area contributed by atoms with Crippen molar-refractivity contribution >= 4 is 17.3 Å². The van der Waals surface area contributed by atoms with E-state index < -0.39 is 10.6 Å². The summed E-state index contributed by atoms with van der Waals surface area (Å²) in [7, 11) is 0. The molecule has 0 aliphatic carbocycles. The fourth-order valence-electron chi connectivity index (χ4n) is 1.77. The van der Waals surface area contributed by atoms with Gasteiger partial charge in [0.2, 0.25) is 0 Å². The van der Waals surface area contributed by atoms with Gasteiger partial charge in [-0.1, -0.05) is 24.9 Å². The minimum Gasteiger partial charge on any atom is -0.292 e. The highest BCUT2D eigenvalue weighted by molar-refractivity contribution is 6.32. The Morgan fingerprint density at radius 1 is 1.50 bits per heavy atom. The molecule has 8 heteroatoms. The molecule has 0 aliphatic heterocycles. The van der Waals surface area contributed by atoms with E-state index in [9.17, 15) is 14.9 Å². The molecule has 0 spiro atoms. The van der Waals surface area contributed by atoms with Crippen LogP contribution in [0.1, 0.15) is 25.6 Å². The summed E-state index contributed by atoms with van der Waals surface area (Å²) in [4.78, 5) is 24.6. The molecule has 0 amide bonds. The van der Waals surface area contributed by atoms with Gasteiger partial charge in [-0.2, -0.15) is 9.78 Å². The van der Waals surface area contributed by atoms with Gasteiger partial charge in [0.1, 0.15) is 5.82 Å². The zero-order chi connectivity index (χ0) is 14.7. The second-order valence-corrected chi connectivity index (χ2v) is 4.69. The smallest absolute Gasteiger partial charge is 0.292 e. The normalized spacial score (nSPS) is 10.7. The molecular weight excluding hydrogens is 284 g/mol. The summed E-state index contributed by atoms with van der Waals surface area (Å²) in [6.07, 6.45) is 2.58. The molecule has 7 nitrogen and oxygen atoms in total. The number of non-ortho nitro benzene ring substituents is 1. The molecular formula is C12H13ClN4O3. The van der Waals surface area contributed by atoms with E-state index in [2.05, 4.69) is 10.1 Å². The minimum absolute atomic E-state index is 0.106. The predicted octanol–water partition coefficient (Wildman–Crippen LogP) is 2.46. The number of nitro groups is 1. The second-order valence-electron chi connectivity index (χ2n) is 4.29. The van der Waals surface area contributed by atoms with Crippen LogP contribution in [0.4, 0.5) is 5.69 Å². The molecule has 0 bridgehead atoms. The van der Waals surface area contributed by atoms with Crippen LogP contribution in [0, 0.1) is 10.1 Å². The van der Waals surface area contributed by atoms with E-state index in [1.54, 1.807) is 0 Å². The number of aromatic amines is 1. The summed E-state index contributed by atoms with van der Waals surface area (Å²) in [6.45, 7) is 2.04. The number of aryl methyl sites for hydroxylation is 1. The third kappa shape index (κ3) is 2.88. The lowest BCUT2D eigenvalue weighted by atomic mass is 10.2. The molecule has 0 fully saturated rings. The van der Waals surface area contributed by atoms with Gasteiger partial charge in [-0.05, 0) is 12.5 Å². The maximum atomic E-state index is 11.8. The van der Waals surface area contributed by atoms with Crippen LogP contribution < -0.4 is 5.69 Å². The highest BCUT2D eigenvalue weighted by atomic mass is 35.5.